The molecule has 0 fully saturated rings. The van der Waals surface area contributed by atoms with E-state index in [9.17, 15) is 4.79 Å². The van der Waals surface area contributed by atoms with Crippen LogP contribution in [0.1, 0.15) is 6.92 Å². The van der Waals surface area contributed by atoms with Crippen LogP contribution in [0.25, 0.3) is 0 Å². The van der Waals surface area contributed by atoms with Gasteiger partial charge in [0.2, 0.25) is 0 Å². The molecular weight excluding hydrogens is 367 g/mol. The van der Waals surface area contributed by atoms with Gasteiger partial charge in [0, 0.05) is 6.21 Å². The summed E-state index contributed by atoms with van der Waals surface area (Å²) >= 11 is 4.43. The topological polar surface area (TPSA) is 109 Å². The fraction of sp³-hybridized carbons (Fsp3) is 0.188. The summed E-state index contributed by atoms with van der Waals surface area (Å²) < 4.78 is 0. The van der Waals surface area contributed by atoms with Crippen LogP contribution in [-0.2, 0) is 0 Å². The second-order valence-corrected chi connectivity index (χ2v) is 8.95. The minimum absolute atomic E-state index is 0.440. The summed E-state index contributed by atoms with van der Waals surface area (Å²) in [5, 5.41) is 4.79. The Morgan fingerprint density at radius 3 is 2.69 bits per heavy atom. The van der Waals surface area contributed by atoms with Gasteiger partial charge in [0.05, 0.1) is 12.2 Å². The summed E-state index contributed by atoms with van der Waals surface area (Å²) in [5.41, 5.74) is 7.89. The SMILES string of the molecule is C/C(BC1=CCN=C([SH](C)S)N=C1)=C(\NC(N)=O)N(N)c1ccccc1. The first kappa shape index (κ1) is 20.2. The lowest BCUT2D eigenvalue weighted by molar-refractivity contribution is 0.251. The van der Waals surface area contributed by atoms with E-state index in [2.05, 4.69) is 27.0 Å². The van der Waals surface area contributed by atoms with Gasteiger partial charge in [-0.1, -0.05) is 35.2 Å². The first-order valence-electron chi connectivity index (χ1n) is 7.94. The number of nitrogens with two attached hydrogens (primary N) is 2. The molecule has 10 heteroatoms. The van der Waals surface area contributed by atoms with Gasteiger partial charge in [0.25, 0.3) is 0 Å². The molecule has 2 amide bonds. The number of thiol groups is 2. The number of nitrogens with one attached hydrogen (secondary N) is 1. The number of carbonyl (C=O) groups is 1. The van der Waals surface area contributed by atoms with Crippen LogP contribution in [0, 0.1) is 0 Å². The largest absolute Gasteiger partial charge is 0.351 e. The number of urea groups is 1. The summed E-state index contributed by atoms with van der Waals surface area (Å²) in [6.45, 7) is 2.44. The van der Waals surface area contributed by atoms with Gasteiger partial charge in [0.1, 0.15) is 5.82 Å². The van der Waals surface area contributed by atoms with Crippen LogP contribution >= 0.6 is 21.6 Å². The van der Waals surface area contributed by atoms with Gasteiger partial charge in [-0.3, -0.25) is 15.3 Å². The number of amidine groups is 1. The van der Waals surface area contributed by atoms with E-state index < -0.39 is 16.0 Å². The van der Waals surface area contributed by atoms with Crippen molar-refractivity contribution in [2.24, 2.45) is 21.6 Å². The molecule has 0 aromatic heterocycles. The minimum Gasteiger partial charge on any atom is -0.351 e. The number of hydrazine groups is 1. The number of para-hydroxylation sites is 1. The quantitative estimate of drug-likeness (QED) is 0.173. The summed E-state index contributed by atoms with van der Waals surface area (Å²) in [6, 6.07) is 8.64. The molecule has 1 aliphatic heterocycles. The van der Waals surface area contributed by atoms with Crippen molar-refractivity contribution >= 4 is 52.0 Å². The number of aliphatic imine (C=N–C) groups is 2. The van der Waals surface area contributed by atoms with Crippen molar-refractivity contribution in [1.82, 2.24) is 5.32 Å². The number of hydrogen-bond donors (Lipinski definition) is 5. The summed E-state index contributed by atoms with van der Waals surface area (Å²) in [7, 11) is -0.0882. The lowest BCUT2D eigenvalue weighted by atomic mass is 9.63. The van der Waals surface area contributed by atoms with Gasteiger partial charge in [0.15, 0.2) is 12.4 Å². The highest BCUT2D eigenvalue weighted by Crippen LogP contribution is 2.28. The molecule has 1 atom stereocenters. The normalized spacial score (nSPS) is 16.5. The average molecular weight is 390 g/mol. The van der Waals surface area contributed by atoms with E-state index in [0.29, 0.717) is 19.6 Å². The van der Waals surface area contributed by atoms with Crippen molar-refractivity contribution < 1.29 is 4.79 Å². The zero-order valence-electron chi connectivity index (χ0n) is 14.8. The number of allylic oxidation sites excluding steroid dienone is 2. The van der Waals surface area contributed by atoms with E-state index in [1.165, 1.54) is 5.01 Å². The number of primary amides is 1. The van der Waals surface area contributed by atoms with Gasteiger partial charge in [-0.2, -0.15) is 0 Å². The van der Waals surface area contributed by atoms with Crippen molar-refractivity contribution in [1.29, 1.82) is 0 Å². The van der Waals surface area contributed by atoms with Crippen LogP contribution in [0.2, 0.25) is 0 Å². The lowest BCUT2D eigenvalue weighted by Crippen LogP contribution is -2.43. The predicted molar refractivity (Wildman–Crippen MR) is 118 cm³/mol. The maximum absolute atomic E-state index is 11.4. The molecule has 1 aliphatic rings. The third-order valence-electron chi connectivity index (χ3n) is 3.61. The fourth-order valence-corrected chi connectivity index (χ4v) is 3.24. The monoisotopic (exact) mass is 390 g/mol. The zero-order valence-corrected chi connectivity index (χ0v) is 16.5. The lowest BCUT2D eigenvalue weighted by Gasteiger charge is -2.24. The molecule has 26 heavy (non-hydrogen) atoms. The van der Waals surface area contributed by atoms with E-state index in [4.69, 9.17) is 11.6 Å². The molecule has 1 heterocycles. The number of rotatable bonds is 5. The third kappa shape index (κ3) is 5.68. The zero-order chi connectivity index (χ0) is 19.1. The average Bonchev–Trinajstić information content (AvgIpc) is 2.85. The molecule has 0 saturated heterocycles. The van der Waals surface area contributed by atoms with E-state index in [-0.39, 0.29) is 0 Å². The molecule has 1 aromatic carbocycles. The Labute approximate surface area is 161 Å². The number of carbonyl (C=O) groups excluding carboxylic acids is 1. The van der Waals surface area contributed by atoms with Gasteiger partial charge >= 0.3 is 6.03 Å². The maximum atomic E-state index is 11.4. The molecule has 0 saturated carbocycles. The van der Waals surface area contributed by atoms with Crippen molar-refractivity contribution in [3.8, 4) is 0 Å². The smallest absolute Gasteiger partial charge is 0.317 e. The van der Waals surface area contributed by atoms with E-state index in [1.54, 1.807) is 6.21 Å². The number of amides is 2. The molecule has 2 rings (SSSR count). The highest BCUT2D eigenvalue weighted by Gasteiger charge is 2.15. The van der Waals surface area contributed by atoms with E-state index in [0.717, 1.165) is 21.8 Å². The number of hydrogen-bond acceptors (Lipinski definition) is 6. The maximum Gasteiger partial charge on any atom is 0.317 e. The molecule has 7 nitrogen and oxygen atoms in total. The number of anilines is 1. The highest BCUT2D eigenvalue weighted by molar-refractivity contribution is 8.84. The van der Waals surface area contributed by atoms with Crippen molar-refractivity contribution in [3.63, 3.8) is 0 Å². The molecule has 0 spiro atoms. The van der Waals surface area contributed by atoms with Gasteiger partial charge in [-0.05, 0) is 25.3 Å². The van der Waals surface area contributed by atoms with Crippen LogP contribution in [-0.4, -0.2) is 37.5 Å². The van der Waals surface area contributed by atoms with Crippen LogP contribution in [0.15, 0.2) is 63.2 Å². The fourth-order valence-electron chi connectivity index (χ4n) is 2.38. The Hall–Kier alpha value is -2.17. The minimum atomic E-state index is -0.674. The molecule has 0 radical (unpaired) electrons. The molecule has 1 unspecified atom stereocenters. The molecule has 5 N–H and O–H groups in total. The molecule has 0 bridgehead atoms. The van der Waals surface area contributed by atoms with Crippen LogP contribution < -0.4 is 21.9 Å². The Morgan fingerprint density at radius 1 is 1.38 bits per heavy atom. The van der Waals surface area contributed by atoms with E-state index in [1.807, 2.05) is 49.6 Å². The first-order chi connectivity index (χ1) is 12.4. The summed E-state index contributed by atoms with van der Waals surface area (Å²) in [6.07, 6.45) is 5.78. The predicted octanol–water partition coefficient (Wildman–Crippen LogP) is 1.46. The van der Waals surface area contributed by atoms with E-state index >= 15 is 0 Å². The first-order valence-corrected chi connectivity index (χ1v) is 10.9. The van der Waals surface area contributed by atoms with Gasteiger partial charge in [-0.15, -0.1) is 21.6 Å². The summed E-state index contributed by atoms with van der Waals surface area (Å²) in [4.78, 5) is 20.3. The molecular formula is C16H23BN6OS2. The standard InChI is InChI=1S/C16H23BN6OS2/c1-11(17-12-8-9-20-16(21-10-12)26(2)25)14(22-15(18)24)23(19)13-6-4-3-5-7-13/h3-8,10,17,25-26H,9,19H2,1-2H3,(H3,18,22,24)/b14-11-. The second kappa shape index (κ2) is 9.51. The molecule has 1 aromatic rings. The number of benzene rings is 1. The molecule has 0 aliphatic carbocycles. The number of nitrogens with zero attached hydrogens (tertiary/aromatic N) is 3. The van der Waals surface area contributed by atoms with Gasteiger partial charge < -0.3 is 5.73 Å². The Kier molecular flexibility index (Phi) is 7.37. The van der Waals surface area contributed by atoms with Crippen LogP contribution in [0.5, 0.6) is 0 Å². The van der Waals surface area contributed by atoms with Crippen molar-refractivity contribution in [2.45, 2.75) is 6.92 Å². The van der Waals surface area contributed by atoms with Crippen molar-refractivity contribution in [2.75, 3.05) is 17.8 Å². The van der Waals surface area contributed by atoms with Gasteiger partial charge in [-0.25, -0.2) is 15.6 Å². The highest BCUT2D eigenvalue weighted by atomic mass is 33.1. The second-order valence-electron chi connectivity index (χ2n) is 5.70. The van der Waals surface area contributed by atoms with Crippen molar-refractivity contribution in [3.05, 3.63) is 53.2 Å². The summed E-state index contributed by atoms with van der Waals surface area (Å²) in [5.74, 6) is 6.65. The Bertz CT molecular complexity index is 776. The third-order valence-corrected chi connectivity index (χ3v) is 4.98. The Morgan fingerprint density at radius 2 is 2.08 bits per heavy atom. The van der Waals surface area contributed by atoms with Crippen LogP contribution in [0.4, 0.5) is 10.5 Å². The Balaban J connectivity index is 2.25. The molecule has 138 valence electrons. The van der Waals surface area contributed by atoms with Crippen LogP contribution in [0.3, 0.4) is 0 Å².